The van der Waals surface area contributed by atoms with Gasteiger partial charge in [-0.15, -0.1) is 5.10 Å². The second-order valence-corrected chi connectivity index (χ2v) is 4.63. The summed E-state index contributed by atoms with van der Waals surface area (Å²) in [5.41, 5.74) is 4.23. The highest BCUT2D eigenvalue weighted by atomic mass is 15.5. The highest BCUT2D eigenvalue weighted by molar-refractivity contribution is 5.54. The van der Waals surface area contributed by atoms with E-state index in [2.05, 4.69) is 25.9 Å². The summed E-state index contributed by atoms with van der Waals surface area (Å²) in [4.78, 5) is 0. The summed E-state index contributed by atoms with van der Waals surface area (Å²) in [7, 11) is 1.91. The SMILES string of the molecule is Cc1ccc(NCc2cnn(C)c2)cc1-n1cnnn1. The zero-order valence-corrected chi connectivity index (χ0v) is 11.4. The van der Waals surface area contributed by atoms with E-state index in [1.807, 2.05) is 44.6 Å². The van der Waals surface area contributed by atoms with Gasteiger partial charge in [0.2, 0.25) is 0 Å². The molecular formula is C13H15N7. The van der Waals surface area contributed by atoms with Gasteiger partial charge < -0.3 is 5.32 Å². The zero-order chi connectivity index (χ0) is 13.9. The van der Waals surface area contributed by atoms with Gasteiger partial charge in [0, 0.05) is 31.0 Å². The minimum Gasteiger partial charge on any atom is -0.381 e. The van der Waals surface area contributed by atoms with Gasteiger partial charge in [-0.2, -0.15) is 5.10 Å². The van der Waals surface area contributed by atoms with Gasteiger partial charge in [-0.3, -0.25) is 4.68 Å². The Morgan fingerprint density at radius 3 is 2.90 bits per heavy atom. The molecule has 0 spiro atoms. The van der Waals surface area contributed by atoms with E-state index in [1.165, 1.54) is 0 Å². The second-order valence-electron chi connectivity index (χ2n) is 4.63. The number of aromatic nitrogens is 6. The van der Waals surface area contributed by atoms with Crippen LogP contribution in [0.15, 0.2) is 36.9 Å². The lowest BCUT2D eigenvalue weighted by Gasteiger charge is -2.09. The molecule has 3 aromatic rings. The van der Waals surface area contributed by atoms with Crippen LogP contribution in [0.4, 0.5) is 5.69 Å². The molecule has 3 rings (SSSR count). The molecule has 0 fully saturated rings. The van der Waals surface area contributed by atoms with Gasteiger partial charge in [-0.05, 0) is 35.0 Å². The molecule has 20 heavy (non-hydrogen) atoms. The van der Waals surface area contributed by atoms with Crippen molar-refractivity contribution in [1.29, 1.82) is 0 Å². The Kier molecular flexibility index (Phi) is 3.16. The first-order chi connectivity index (χ1) is 9.72. The Morgan fingerprint density at radius 1 is 1.30 bits per heavy atom. The summed E-state index contributed by atoms with van der Waals surface area (Å²) >= 11 is 0. The van der Waals surface area contributed by atoms with E-state index in [-0.39, 0.29) is 0 Å². The molecule has 1 aromatic carbocycles. The number of anilines is 1. The third-order valence-electron chi connectivity index (χ3n) is 3.06. The molecule has 2 heterocycles. The summed E-state index contributed by atoms with van der Waals surface area (Å²) in [5.74, 6) is 0. The van der Waals surface area contributed by atoms with Crippen LogP contribution in [-0.4, -0.2) is 30.0 Å². The normalized spacial score (nSPS) is 10.7. The van der Waals surface area contributed by atoms with Crippen LogP contribution in [0.1, 0.15) is 11.1 Å². The van der Waals surface area contributed by atoms with Gasteiger partial charge >= 0.3 is 0 Å². The first-order valence-electron chi connectivity index (χ1n) is 6.28. The maximum Gasteiger partial charge on any atom is 0.143 e. The van der Waals surface area contributed by atoms with Crippen LogP contribution in [0.5, 0.6) is 0 Å². The molecule has 0 atom stereocenters. The molecule has 0 bridgehead atoms. The smallest absolute Gasteiger partial charge is 0.143 e. The number of nitrogens with zero attached hydrogens (tertiary/aromatic N) is 6. The molecule has 0 unspecified atom stereocenters. The second kappa shape index (κ2) is 5.12. The zero-order valence-electron chi connectivity index (χ0n) is 11.4. The molecule has 0 amide bonds. The van der Waals surface area contributed by atoms with Gasteiger partial charge in [0.15, 0.2) is 0 Å². The monoisotopic (exact) mass is 269 g/mol. The lowest BCUT2D eigenvalue weighted by atomic mass is 10.2. The van der Waals surface area contributed by atoms with Crippen molar-refractivity contribution >= 4 is 5.69 Å². The van der Waals surface area contributed by atoms with Crippen LogP contribution >= 0.6 is 0 Å². The Bertz CT molecular complexity index is 699. The number of hydrogen-bond donors (Lipinski definition) is 1. The van der Waals surface area contributed by atoms with E-state index in [4.69, 9.17) is 0 Å². The molecule has 2 aromatic heterocycles. The van der Waals surface area contributed by atoms with E-state index in [0.717, 1.165) is 29.0 Å². The number of benzene rings is 1. The summed E-state index contributed by atoms with van der Waals surface area (Å²) < 4.78 is 3.45. The summed E-state index contributed by atoms with van der Waals surface area (Å²) in [6.45, 7) is 2.76. The third-order valence-corrected chi connectivity index (χ3v) is 3.06. The minimum atomic E-state index is 0.728. The van der Waals surface area contributed by atoms with Crippen molar-refractivity contribution in [2.24, 2.45) is 7.05 Å². The van der Waals surface area contributed by atoms with Gasteiger partial charge in [0.1, 0.15) is 6.33 Å². The average Bonchev–Trinajstić information content (AvgIpc) is 3.09. The number of aryl methyl sites for hydroxylation is 2. The third kappa shape index (κ3) is 2.51. The number of nitrogens with one attached hydrogen (secondary N) is 1. The molecule has 0 aliphatic carbocycles. The molecule has 7 nitrogen and oxygen atoms in total. The predicted molar refractivity (Wildman–Crippen MR) is 74.4 cm³/mol. The van der Waals surface area contributed by atoms with E-state index >= 15 is 0 Å². The number of hydrogen-bond acceptors (Lipinski definition) is 5. The first-order valence-corrected chi connectivity index (χ1v) is 6.28. The molecule has 0 aliphatic rings. The van der Waals surface area contributed by atoms with Crippen molar-refractivity contribution in [2.75, 3.05) is 5.32 Å². The average molecular weight is 269 g/mol. The fourth-order valence-corrected chi connectivity index (χ4v) is 2.01. The van der Waals surface area contributed by atoms with Crippen molar-refractivity contribution in [3.05, 3.63) is 48.0 Å². The molecule has 1 N–H and O–H groups in total. The number of rotatable bonds is 4. The Balaban J connectivity index is 1.79. The van der Waals surface area contributed by atoms with E-state index in [0.29, 0.717) is 0 Å². The van der Waals surface area contributed by atoms with E-state index in [1.54, 1.807) is 15.7 Å². The molecule has 0 radical (unpaired) electrons. The van der Waals surface area contributed by atoms with Crippen molar-refractivity contribution < 1.29 is 0 Å². The maximum atomic E-state index is 4.15. The van der Waals surface area contributed by atoms with Gasteiger partial charge in [0.25, 0.3) is 0 Å². The lowest BCUT2D eigenvalue weighted by Crippen LogP contribution is -2.02. The standard InChI is InChI=1S/C13H15N7/c1-10-3-4-12(5-13(10)20-9-15-17-18-20)14-6-11-7-16-19(2)8-11/h3-5,7-9,14H,6H2,1-2H3. The quantitative estimate of drug-likeness (QED) is 0.773. The molecule has 0 saturated heterocycles. The maximum absolute atomic E-state index is 4.15. The van der Waals surface area contributed by atoms with E-state index in [9.17, 15) is 0 Å². The van der Waals surface area contributed by atoms with Crippen molar-refractivity contribution in [3.8, 4) is 5.69 Å². The summed E-state index contributed by atoms with van der Waals surface area (Å²) in [6.07, 6.45) is 5.43. The minimum absolute atomic E-state index is 0.728. The van der Waals surface area contributed by atoms with Crippen LogP contribution in [-0.2, 0) is 13.6 Å². The topological polar surface area (TPSA) is 73.5 Å². The lowest BCUT2D eigenvalue weighted by molar-refractivity contribution is 0.767. The number of tetrazole rings is 1. The fourth-order valence-electron chi connectivity index (χ4n) is 2.01. The highest BCUT2D eigenvalue weighted by Gasteiger charge is 2.04. The van der Waals surface area contributed by atoms with Crippen LogP contribution in [0.2, 0.25) is 0 Å². The Hall–Kier alpha value is -2.70. The van der Waals surface area contributed by atoms with Gasteiger partial charge in [0.05, 0.1) is 11.9 Å². The van der Waals surface area contributed by atoms with Gasteiger partial charge in [-0.25, -0.2) is 4.68 Å². The molecule has 0 saturated carbocycles. The van der Waals surface area contributed by atoms with Crippen LogP contribution in [0.25, 0.3) is 5.69 Å². The van der Waals surface area contributed by atoms with Crippen LogP contribution in [0, 0.1) is 6.92 Å². The molecular weight excluding hydrogens is 254 g/mol. The summed E-state index contributed by atoms with van der Waals surface area (Å²) in [6, 6.07) is 6.12. The predicted octanol–water partition coefficient (Wildman–Crippen LogP) is 1.32. The van der Waals surface area contributed by atoms with Crippen LogP contribution < -0.4 is 5.32 Å². The van der Waals surface area contributed by atoms with E-state index < -0.39 is 0 Å². The first kappa shape index (κ1) is 12.3. The molecule has 0 aliphatic heterocycles. The Morgan fingerprint density at radius 2 is 2.20 bits per heavy atom. The van der Waals surface area contributed by atoms with Crippen LogP contribution in [0.3, 0.4) is 0 Å². The summed E-state index contributed by atoms with van der Waals surface area (Å²) in [5, 5.41) is 18.8. The fraction of sp³-hybridized carbons (Fsp3) is 0.231. The molecule has 102 valence electrons. The van der Waals surface area contributed by atoms with Crippen molar-refractivity contribution in [2.45, 2.75) is 13.5 Å². The van der Waals surface area contributed by atoms with Crippen molar-refractivity contribution in [1.82, 2.24) is 30.0 Å². The Labute approximate surface area is 116 Å². The van der Waals surface area contributed by atoms with Gasteiger partial charge in [-0.1, -0.05) is 6.07 Å². The van der Waals surface area contributed by atoms with Crippen molar-refractivity contribution in [3.63, 3.8) is 0 Å². The molecule has 7 heteroatoms. The largest absolute Gasteiger partial charge is 0.381 e. The highest BCUT2D eigenvalue weighted by Crippen LogP contribution is 2.18.